The quantitative estimate of drug-likeness (QED) is 0.707. The molecule has 1 saturated heterocycles. The maximum atomic E-state index is 10.9. The summed E-state index contributed by atoms with van der Waals surface area (Å²) >= 11 is 0. The van der Waals surface area contributed by atoms with Gasteiger partial charge in [-0.2, -0.15) is 0 Å². The molecule has 3 heteroatoms. The summed E-state index contributed by atoms with van der Waals surface area (Å²) in [5, 5.41) is 0. The Morgan fingerprint density at radius 2 is 2.13 bits per heavy atom. The molecule has 1 fully saturated rings. The highest BCUT2D eigenvalue weighted by Crippen LogP contribution is 2.20. The van der Waals surface area contributed by atoms with Crippen LogP contribution in [0.25, 0.3) is 0 Å². The Bertz CT molecular complexity index is 342. The van der Waals surface area contributed by atoms with Gasteiger partial charge in [0.25, 0.3) is 0 Å². The van der Waals surface area contributed by atoms with Crippen molar-refractivity contribution in [2.24, 2.45) is 5.92 Å². The van der Waals surface area contributed by atoms with E-state index in [1.54, 1.807) is 7.11 Å². The van der Waals surface area contributed by atoms with Crippen molar-refractivity contribution in [3.05, 3.63) is 29.8 Å². The van der Waals surface area contributed by atoms with Crippen LogP contribution in [0.1, 0.15) is 12.0 Å². The number of hydrogen-bond donors (Lipinski definition) is 0. The van der Waals surface area contributed by atoms with E-state index in [0.29, 0.717) is 18.9 Å². The third kappa shape index (κ3) is 2.49. The van der Waals surface area contributed by atoms with E-state index in [0.717, 1.165) is 12.2 Å². The zero-order valence-electron chi connectivity index (χ0n) is 8.73. The van der Waals surface area contributed by atoms with Crippen molar-refractivity contribution in [1.82, 2.24) is 0 Å². The van der Waals surface area contributed by atoms with Gasteiger partial charge in [-0.15, -0.1) is 0 Å². The fourth-order valence-corrected chi connectivity index (χ4v) is 1.79. The lowest BCUT2D eigenvalue weighted by Gasteiger charge is -2.06. The number of cyclic esters (lactones) is 1. The van der Waals surface area contributed by atoms with Gasteiger partial charge >= 0.3 is 5.97 Å². The van der Waals surface area contributed by atoms with Gasteiger partial charge in [-0.1, -0.05) is 12.1 Å². The molecule has 0 aliphatic carbocycles. The smallest absolute Gasteiger partial charge is 0.306 e. The maximum Gasteiger partial charge on any atom is 0.306 e. The first-order chi connectivity index (χ1) is 7.28. The minimum absolute atomic E-state index is 0.0755. The Kier molecular flexibility index (Phi) is 2.90. The van der Waals surface area contributed by atoms with E-state index in [1.807, 2.05) is 24.3 Å². The van der Waals surface area contributed by atoms with E-state index in [2.05, 4.69) is 0 Å². The SMILES string of the molecule is COc1ccc(C[C@@H]2COC(=O)C2)cc1. The number of carbonyl (C=O) groups is 1. The minimum atomic E-state index is -0.0755. The van der Waals surface area contributed by atoms with E-state index >= 15 is 0 Å². The van der Waals surface area contributed by atoms with Gasteiger partial charge in [0.05, 0.1) is 20.1 Å². The summed E-state index contributed by atoms with van der Waals surface area (Å²) in [5.41, 5.74) is 1.22. The van der Waals surface area contributed by atoms with Crippen LogP contribution in [0.3, 0.4) is 0 Å². The molecule has 1 heterocycles. The number of methoxy groups -OCH3 is 1. The van der Waals surface area contributed by atoms with Crippen LogP contribution in [-0.4, -0.2) is 19.7 Å². The van der Waals surface area contributed by atoms with Crippen LogP contribution in [0.2, 0.25) is 0 Å². The molecule has 80 valence electrons. The number of esters is 1. The summed E-state index contributed by atoms with van der Waals surface area (Å²) in [4.78, 5) is 10.9. The molecule has 15 heavy (non-hydrogen) atoms. The van der Waals surface area contributed by atoms with E-state index in [1.165, 1.54) is 5.56 Å². The second-order valence-corrected chi connectivity index (χ2v) is 3.81. The van der Waals surface area contributed by atoms with Crippen molar-refractivity contribution in [3.8, 4) is 5.75 Å². The lowest BCUT2D eigenvalue weighted by molar-refractivity contribution is -0.137. The molecule has 1 aromatic rings. The van der Waals surface area contributed by atoms with Crippen molar-refractivity contribution in [1.29, 1.82) is 0 Å². The van der Waals surface area contributed by atoms with E-state index < -0.39 is 0 Å². The molecule has 1 aliphatic rings. The summed E-state index contributed by atoms with van der Waals surface area (Å²) in [7, 11) is 1.65. The van der Waals surface area contributed by atoms with Crippen LogP contribution in [0.4, 0.5) is 0 Å². The molecule has 3 nitrogen and oxygen atoms in total. The molecule has 0 spiro atoms. The van der Waals surface area contributed by atoms with Crippen molar-refractivity contribution >= 4 is 5.97 Å². The molecule has 0 N–H and O–H groups in total. The van der Waals surface area contributed by atoms with E-state index in [-0.39, 0.29) is 5.97 Å². The lowest BCUT2D eigenvalue weighted by Crippen LogP contribution is -2.03. The number of carbonyl (C=O) groups excluding carboxylic acids is 1. The van der Waals surface area contributed by atoms with Crippen LogP contribution >= 0.6 is 0 Å². The van der Waals surface area contributed by atoms with Gasteiger partial charge in [-0.05, 0) is 24.1 Å². The van der Waals surface area contributed by atoms with Crippen molar-refractivity contribution in [2.45, 2.75) is 12.8 Å². The van der Waals surface area contributed by atoms with E-state index in [9.17, 15) is 4.79 Å². The maximum absolute atomic E-state index is 10.9. The molecular formula is C12H14O3. The largest absolute Gasteiger partial charge is 0.497 e. The van der Waals surface area contributed by atoms with E-state index in [4.69, 9.17) is 9.47 Å². The molecular weight excluding hydrogens is 192 g/mol. The van der Waals surface area contributed by atoms with Crippen molar-refractivity contribution in [2.75, 3.05) is 13.7 Å². The van der Waals surface area contributed by atoms with Gasteiger partial charge in [0.15, 0.2) is 0 Å². The summed E-state index contributed by atoms with van der Waals surface area (Å²) < 4.78 is 10.00. The molecule has 0 bridgehead atoms. The first-order valence-electron chi connectivity index (χ1n) is 5.06. The Hall–Kier alpha value is -1.51. The highest BCUT2D eigenvalue weighted by molar-refractivity contribution is 5.71. The average molecular weight is 206 g/mol. The molecule has 1 aromatic carbocycles. The Balaban J connectivity index is 1.96. The Morgan fingerprint density at radius 1 is 1.40 bits per heavy atom. The molecule has 0 aromatic heterocycles. The zero-order chi connectivity index (χ0) is 10.7. The highest BCUT2D eigenvalue weighted by Gasteiger charge is 2.23. The molecule has 0 radical (unpaired) electrons. The molecule has 1 aliphatic heterocycles. The average Bonchev–Trinajstić information content (AvgIpc) is 2.65. The summed E-state index contributed by atoms with van der Waals surface area (Å²) in [6.07, 6.45) is 1.45. The first kappa shape index (κ1) is 10.0. The predicted octanol–water partition coefficient (Wildman–Crippen LogP) is 1.80. The first-order valence-corrected chi connectivity index (χ1v) is 5.06. The molecule has 0 amide bonds. The van der Waals surface area contributed by atoms with Crippen LogP contribution < -0.4 is 4.74 Å². The van der Waals surface area contributed by atoms with Gasteiger partial charge in [-0.3, -0.25) is 4.79 Å². The molecule has 0 saturated carbocycles. The zero-order valence-corrected chi connectivity index (χ0v) is 8.73. The standard InChI is InChI=1S/C12H14O3/c1-14-11-4-2-9(3-5-11)6-10-7-12(13)15-8-10/h2-5,10H,6-8H2,1H3/t10-/m0/s1. The van der Waals surface area contributed by atoms with Crippen LogP contribution in [0.15, 0.2) is 24.3 Å². The molecule has 0 unspecified atom stereocenters. The van der Waals surface area contributed by atoms with Crippen LogP contribution in [-0.2, 0) is 16.0 Å². The fourth-order valence-electron chi connectivity index (χ4n) is 1.79. The number of rotatable bonds is 3. The van der Waals surface area contributed by atoms with Crippen LogP contribution in [0.5, 0.6) is 5.75 Å². The second kappa shape index (κ2) is 4.34. The Labute approximate surface area is 89.0 Å². The minimum Gasteiger partial charge on any atom is -0.497 e. The highest BCUT2D eigenvalue weighted by atomic mass is 16.5. The molecule has 2 rings (SSSR count). The normalized spacial score (nSPS) is 20.1. The topological polar surface area (TPSA) is 35.5 Å². The van der Waals surface area contributed by atoms with Crippen molar-refractivity contribution in [3.63, 3.8) is 0 Å². The van der Waals surface area contributed by atoms with Gasteiger partial charge in [0.1, 0.15) is 5.75 Å². The predicted molar refractivity (Wildman–Crippen MR) is 55.8 cm³/mol. The van der Waals surface area contributed by atoms with Gasteiger partial charge in [0, 0.05) is 5.92 Å². The number of benzene rings is 1. The van der Waals surface area contributed by atoms with Crippen LogP contribution in [0, 0.1) is 5.92 Å². The fraction of sp³-hybridized carbons (Fsp3) is 0.417. The summed E-state index contributed by atoms with van der Waals surface area (Å²) in [6, 6.07) is 7.93. The van der Waals surface area contributed by atoms with Gasteiger partial charge in [-0.25, -0.2) is 0 Å². The second-order valence-electron chi connectivity index (χ2n) is 3.81. The van der Waals surface area contributed by atoms with Crippen molar-refractivity contribution < 1.29 is 14.3 Å². The molecule has 1 atom stereocenters. The lowest BCUT2D eigenvalue weighted by atomic mass is 9.99. The third-order valence-electron chi connectivity index (χ3n) is 2.62. The summed E-state index contributed by atoms with van der Waals surface area (Å²) in [5.74, 6) is 1.12. The van der Waals surface area contributed by atoms with Gasteiger partial charge in [0.2, 0.25) is 0 Å². The monoisotopic (exact) mass is 206 g/mol. The number of hydrogen-bond acceptors (Lipinski definition) is 3. The van der Waals surface area contributed by atoms with Gasteiger partial charge < -0.3 is 9.47 Å². The third-order valence-corrected chi connectivity index (χ3v) is 2.62. The summed E-state index contributed by atoms with van der Waals surface area (Å²) in [6.45, 7) is 0.560. The number of ether oxygens (including phenoxy) is 2. The Morgan fingerprint density at radius 3 is 2.67 bits per heavy atom.